The zero-order valence-electron chi connectivity index (χ0n) is 9.96. The molecule has 0 aromatic rings. The molecule has 0 aromatic heterocycles. The lowest BCUT2D eigenvalue weighted by Crippen LogP contribution is -2.10. The van der Waals surface area contributed by atoms with E-state index in [1.807, 2.05) is 6.08 Å². The summed E-state index contributed by atoms with van der Waals surface area (Å²) in [6, 6.07) is 0. The van der Waals surface area contributed by atoms with Gasteiger partial charge in [0.2, 0.25) is 0 Å². The number of hydrogen-bond donors (Lipinski definition) is 3. The Morgan fingerprint density at radius 2 is 1.83 bits per heavy atom. The van der Waals surface area contributed by atoms with Gasteiger partial charge in [-0.2, -0.15) is 0 Å². The van der Waals surface area contributed by atoms with Crippen molar-refractivity contribution in [2.75, 3.05) is 6.54 Å². The summed E-state index contributed by atoms with van der Waals surface area (Å²) in [5.41, 5.74) is 5.64. The largest absolute Gasteiger partial charge is 0.481 e. The molecule has 100 valence electrons. The summed E-state index contributed by atoms with van der Waals surface area (Å²) in [6.07, 6.45) is 7.22. The Kier molecular flexibility index (Phi) is 8.13. The molecule has 0 aromatic carbocycles. The van der Waals surface area contributed by atoms with Crippen LogP contribution in [0.15, 0.2) is 23.8 Å². The predicted octanol–water partition coefficient (Wildman–Crippen LogP) is 0.726. The zero-order valence-corrected chi connectivity index (χ0v) is 9.96. The lowest BCUT2D eigenvalue weighted by molar-refractivity contribution is -0.137. The summed E-state index contributed by atoms with van der Waals surface area (Å²) in [6.45, 7) is -0.278. The van der Waals surface area contributed by atoms with Crippen LogP contribution in [0.1, 0.15) is 25.7 Å². The fraction of sp³-hybridized carbons (Fsp3) is 0.417. The second-order valence-electron chi connectivity index (χ2n) is 3.63. The van der Waals surface area contributed by atoms with Crippen LogP contribution in [-0.4, -0.2) is 34.5 Å². The van der Waals surface area contributed by atoms with Crippen molar-refractivity contribution < 1.29 is 24.6 Å². The van der Waals surface area contributed by atoms with Crippen LogP contribution in [0.4, 0.5) is 0 Å². The van der Waals surface area contributed by atoms with Gasteiger partial charge in [0.05, 0.1) is 6.54 Å². The molecule has 1 rings (SSSR count). The molecule has 0 atom stereocenters. The second-order valence-corrected chi connectivity index (χ2v) is 3.63. The molecule has 0 bridgehead atoms. The summed E-state index contributed by atoms with van der Waals surface area (Å²) in [5, 5.41) is 16.0. The highest BCUT2D eigenvalue weighted by molar-refractivity contribution is 5.92. The number of carboxylic acids is 2. The van der Waals surface area contributed by atoms with Crippen molar-refractivity contribution in [2.45, 2.75) is 25.7 Å². The monoisotopic (exact) mass is 255 g/mol. The van der Waals surface area contributed by atoms with Gasteiger partial charge in [0.15, 0.2) is 5.78 Å². The Morgan fingerprint density at radius 1 is 1.22 bits per heavy atom. The first-order chi connectivity index (χ1) is 8.45. The van der Waals surface area contributed by atoms with Crippen molar-refractivity contribution in [3.8, 4) is 0 Å². The Morgan fingerprint density at radius 3 is 2.22 bits per heavy atom. The third kappa shape index (κ3) is 9.29. The molecule has 4 N–H and O–H groups in total. The number of carbonyl (C=O) groups excluding carboxylic acids is 1. The van der Waals surface area contributed by atoms with Crippen molar-refractivity contribution in [3.05, 3.63) is 23.8 Å². The second kappa shape index (κ2) is 9.12. The molecule has 18 heavy (non-hydrogen) atoms. The maximum atomic E-state index is 10.8. The Balaban J connectivity index is 0.000000494. The van der Waals surface area contributed by atoms with Gasteiger partial charge in [-0.05, 0) is 18.9 Å². The molecule has 1 aliphatic carbocycles. The maximum absolute atomic E-state index is 10.8. The first kappa shape index (κ1) is 16.1. The summed E-state index contributed by atoms with van der Waals surface area (Å²) in [4.78, 5) is 30.2. The summed E-state index contributed by atoms with van der Waals surface area (Å²) >= 11 is 0. The van der Waals surface area contributed by atoms with Gasteiger partial charge in [0, 0.05) is 12.8 Å². The highest BCUT2D eigenvalue weighted by Gasteiger charge is 2.04. The van der Waals surface area contributed by atoms with E-state index in [1.165, 1.54) is 0 Å². The van der Waals surface area contributed by atoms with E-state index in [-0.39, 0.29) is 18.7 Å². The molecule has 0 saturated heterocycles. The van der Waals surface area contributed by atoms with E-state index in [0.717, 1.165) is 12.0 Å². The van der Waals surface area contributed by atoms with Gasteiger partial charge >= 0.3 is 11.9 Å². The summed E-state index contributed by atoms with van der Waals surface area (Å²) < 4.78 is 0. The number of hydrogen-bond acceptors (Lipinski definition) is 4. The molecule has 1 aliphatic rings. The van der Waals surface area contributed by atoms with E-state index in [9.17, 15) is 14.4 Å². The quantitative estimate of drug-likeness (QED) is 0.666. The molecule has 0 amide bonds. The minimum Gasteiger partial charge on any atom is -0.481 e. The van der Waals surface area contributed by atoms with Gasteiger partial charge in [-0.1, -0.05) is 17.7 Å². The summed E-state index contributed by atoms with van der Waals surface area (Å²) in [5.74, 6) is -1.62. The van der Waals surface area contributed by atoms with Gasteiger partial charge in [-0.15, -0.1) is 0 Å². The topological polar surface area (TPSA) is 118 Å². The lowest BCUT2D eigenvalue weighted by Gasteiger charge is -2.04. The maximum Gasteiger partial charge on any atom is 0.317 e. The smallest absolute Gasteiger partial charge is 0.317 e. The molecule has 6 heteroatoms. The van der Waals surface area contributed by atoms with Crippen LogP contribution in [0.2, 0.25) is 0 Å². The third-order valence-electron chi connectivity index (χ3n) is 2.08. The predicted molar refractivity (Wildman–Crippen MR) is 65.0 cm³/mol. The van der Waals surface area contributed by atoms with Gasteiger partial charge in [-0.3, -0.25) is 14.4 Å². The van der Waals surface area contributed by atoms with Gasteiger partial charge < -0.3 is 15.9 Å². The van der Waals surface area contributed by atoms with Crippen molar-refractivity contribution in [1.29, 1.82) is 0 Å². The Labute approximate surface area is 105 Å². The van der Waals surface area contributed by atoms with E-state index >= 15 is 0 Å². The molecule has 0 fully saturated rings. The number of carbonyl (C=O) groups is 3. The summed E-state index contributed by atoms with van der Waals surface area (Å²) in [7, 11) is 0. The van der Waals surface area contributed by atoms with Crippen LogP contribution < -0.4 is 5.73 Å². The number of ketones is 1. The van der Waals surface area contributed by atoms with Crippen LogP contribution in [-0.2, 0) is 14.4 Å². The highest BCUT2D eigenvalue weighted by atomic mass is 16.4. The number of rotatable bonds is 5. The number of nitrogens with two attached hydrogens (primary N) is 1. The first-order valence-corrected chi connectivity index (χ1v) is 5.49. The number of aliphatic carboxylic acids is 2. The Bertz CT molecular complexity index is 371. The normalized spacial score (nSPS) is 13.4. The molecule has 0 unspecified atom stereocenters. The first-order valence-electron chi connectivity index (χ1n) is 5.49. The van der Waals surface area contributed by atoms with Crippen LogP contribution in [0.25, 0.3) is 0 Å². The molecular weight excluding hydrogens is 238 g/mol. The molecular formula is C12H17NO5. The van der Waals surface area contributed by atoms with Gasteiger partial charge in [0.25, 0.3) is 0 Å². The average molecular weight is 255 g/mol. The molecule has 0 heterocycles. The molecule has 0 radical (unpaired) electrons. The van der Waals surface area contributed by atoms with Gasteiger partial charge in [0.1, 0.15) is 0 Å². The highest BCUT2D eigenvalue weighted by Crippen LogP contribution is 2.13. The van der Waals surface area contributed by atoms with Crippen LogP contribution in [0, 0.1) is 0 Å². The molecule has 6 nitrogen and oxygen atoms in total. The van der Waals surface area contributed by atoms with Crippen molar-refractivity contribution in [3.63, 3.8) is 0 Å². The number of carboxylic acid groups (broad SMARTS) is 2. The standard InChI is InChI=1S/C10H12O3.C2H5NO2/c11-9-6-4-8(5-7-9)2-1-3-10(12)13;3-1-2(4)5/h4-6H,1-3,7H2,(H,12,13);1,3H2,(H,4,5). The van der Waals surface area contributed by atoms with Crippen LogP contribution >= 0.6 is 0 Å². The van der Waals surface area contributed by atoms with Crippen LogP contribution in [0.5, 0.6) is 0 Å². The average Bonchev–Trinajstić information content (AvgIpc) is 2.32. The van der Waals surface area contributed by atoms with Crippen molar-refractivity contribution >= 4 is 17.7 Å². The Hall–Kier alpha value is -1.95. The van der Waals surface area contributed by atoms with E-state index in [4.69, 9.17) is 10.2 Å². The van der Waals surface area contributed by atoms with Crippen molar-refractivity contribution in [2.24, 2.45) is 5.73 Å². The fourth-order valence-electron chi connectivity index (χ4n) is 1.20. The van der Waals surface area contributed by atoms with Gasteiger partial charge in [-0.25, -0.2) is 0 Å². The molecule has 0 saturated carbocycles. The third-order valence-corrected chi connectivity index (χ3v) is 2.08. The lowest BCUT2D eigenvalue weighted by atomic mass is 10.0. The minimum atomic E-state index is -0.968. The minimum absolute atomic E-state index is 0.113. The molecule has 0 spiro atoms. The van der Waals surface area contributed by atoms with E-state index in [1.54, 1.807) is 12.2 Å². The van der Waals surface area contributed by atoms with Crippen molar-refractivity contribution in [1.82, 2.24) is 0 Å². The van der Waals surface area contributed by atoms with E-state index < -0.39 is 11.9 Å². The SMILES string of the molecule is NCC(=O)O.O=C(O)CCCC1=CCC(=O)C=C1. The molecule has 0 aliphatic heterocycles. The fourth-order valence-corrected chi connectivity index (χ4v) is 1.20. The van der Waals surface area contributed by atoms with Crippen LogP contribution in [0.3, 0.4) is 0 Å². The van der Waals surface area contributed by atoms with E-state index in [0.29, 0.717) is 12.8 Å². The van der Waals surface area contributed by atoms with E-state index in [2.05, 4.69) is 5.73 Å². The number of allylic oxidation sites excluding steroid dienone is 4. The zero-order chi connectivity index (χ0) is 14.0.